The van der Waals surface area contributed by atoms with Gasteiger partial charge in [-0.2, -0.15) is 0 Å². The average Bonchev–Trinajstić information content (AvgIpc) is 2.56. The van der Waals surface area contributed by atoms with E-state index in [1.54, 1.807) is 12.1 Å². The Kier molecular flexibility index (Phi) is 19.7. The number of nitrogens with zero attached hydrogens (tertiary/aromatic N) is 1. The summed E-state index contributed by atoms with van der Waals surface area (Å²) in [6, 6.07) is 5.19. The SMILES string of the molecule is CC.CC.CC=C=C(C)/C=C\N(C)c1cc(F)cc(CCC)c1.N. The van der Waals surface area contributed by atoms with Gasteiger partial charge in [0, 0.05) is 18.9 Å². The van der Waals surface area contributed by atoms with Crippen molar-refractivity contribution in [1.29, 1.82) is 0 Å². The molecule has 0 atom stereocenters. The fraction of sp³-hybridized carbons (Fsp3) is 0.476. The predicted molar refractivity (Wildman–Crippen MR) is 109 cm³/mol. The average molecular weight is 337 g/mol. The summed E-state index contributed by atoms with van der Waals surface area (Å²) in [4.78, 5) is 1.92. The maximum atomic E-state index is 13.6. The minimum absolute atomic E-state index is 0. The van der Waals surface area contributed by atoms with Gasteiger partial charge in [-0.05, 0) is 61.8 Å². The lowest BCUT2D eigenvalue weighted by atomic mass is 10.1. The second kappa shape index (κ2) is 17.5. The van der Waals surface area contributed by atoms with Crippen molar-refractivity contribution in [1.82, 2.24) is 6.15 Å². The first-order valence-corrected chi connectivity index (χ1v) is 8.65. The van der Waals surface area contributed by atoms with Crippen LogP contribution in [0.15, 0.2) is 47.9 Å². The van der Waals surface area contributed by atoms with Crippen LogP contribution >= 0.6 is 0 Å². The van der Waals surface area contributed by atoms with Gasteiger partial charge in [0.1, 0.15) is 5.82 Å². The molecular weight excluding hydrogens is 299 g/mol. The molecule has 0 amide bonds. The molecule has 3 heteroatoms. The van der Waals surface area contributed by atoms with E-state index >= 15 is 0 Å². The van der Waals surface area contributed by atoms with Crippen LogP contribution in [0.3, 0.4) is 0 Å². The van der Waals surface area contributed by atoms with Crippen LogP contribution in [0.25, 0.3) is 0 Å². The maximum Gasteiger partial charge on any atom is 0.125 e. The molecule has 24 heavy (non-hydrogen) atoms. The first-order valence-electron chi connectivity index (χ1n) is 8.65. The van der Waals surface area contributed by atoms with Crippen molar-refractivity contribution in [2.45, 2.75) is 61.3 Å². The summed E-state index contributed by atoms with van der Waals surface area (Å²) in [6.07, 6.45) is 7.69. The highest BCUT2D eigenvalue weighted by Crippen LogP contribution is 2.19. The van der Waals surface area contributed by atoms with Crippen molar-refractivity contribution >= 4 is 5.69 Å². The van der Waals surface area contributed by atoms with Gasteiger partial charge in [-0.1, -0.05) is 41.0 Å². The minimum Gasteiger partial charge on any atom is -0.351 e. The van der Waals surface area contributed by atoms with Crippen molar-refractivity contribution < 1.29 is 4.39 Å². The number of rotatable bonds is 5. The summed E-state index contributed by atoms with van der Waals surface area (Å²) in [5, 5.41) is 0. The quantitative estimate of drug-likeness (QED) is 0.461. The number of benzene rings is 1. The number of halogens is 1. The molecule has 3 N–H and O–H groups in total. The Balaban J connectivity index is -0.000000817. The Hall–Kier alpha value is -1.83. The van der Waals surface area contributed by atoms with Crippen molar-refractivity contribution in [3.05, 3.63) is 59.2 Å². The standard InChI is InChI=1S/C17H22FN.2C2H6.H3N/c1-5-7-14(3)9-10-19(4)17-12-15(8-6-2)11-16(18)13-17;2*1-2;/h5,9-13H,6,8H2,1-4H3;2*1-2H3;1H3/b10-9-;;;. The van der Waals surface area contributed by atoms with Crippen molar-refractivity contribution in [2.24, 2.45) is 0 Å². The van der Waals surface area contributed by atoms with Gasteiger partial charge in [0.2, 0.25) is 0 Å². The van der Waals surface area contributed by atoms with Crippen molar-refractivity contribution in [3.63, 3.8) is 0 Å². The molecule has 0 saturated carbocycles. The molecule has 0 aliphatic rings. The van der Waals surface area contributed by atoms with Gasteiger partial charge in [0.25, 0.3) is 0 Å². The van der Waals surface area contributed by atoms with Gasteiger partial charge in [0.05, 0.1) is 0 Å². The highest BCUT2D eigenvalue weighted by Gasteiger charge is 2.03. The van der Waals surface area contributed by atoms with Crippen LogP contribution in [0.2, 0.25) is 0 Å². The van der Waals surface area contributed by atoms with E-state index in [0.717, 1.165) is 29.7 Å². The molecule has 138 valence electrons. The first-order chi connectivity index (χ1) is 11.1. The Morgan fingerprint density at radius 1 is 1.17 bits per heavy atom. The lowest BCUT2D eigenvalue weighted by molar-refractivity contribution is 0.625. The van der Waals surface area contributed by atoms with Crippen LogP contribution in [0.4, 0.5) is 10.1 Å². The van der Waals surface area contributed by atoms with Crippen LogP contribution in [0, 0.1) is 5.82 Å². The molecule has 1 rings (SSSR count). The number of hydrogen-bond acceptors (Lipinski definition) is 2. The number of hydrogen-bond donors (Lipinski definition) is 1. The number of anilines is 1. The molecule has 0 aromatic heterocycles. The third-order valence-corrected chi connectivity index (χ3v) is 2.81. The zero-order valence-electron chi connectivity index (χ0n) is 16.9. The molecule has 0 aliphatic carbocycles. The molecule has 0 bridgehead atoms. The van der Waals surface area contributed by atoms with Crippen molar-refractivity contribution in [2.75, 3.05) is 11.9 Å². The summed E-state index contributed by atoms with van der Waals surface area (Å²) in [7, 11) is 1.92. The monoisotopic (exact) mass is 336 g/mol. The van der Waals surface area contributed by atoms with E-state index in [1.807, 2.05) is 77.9 Å². The molecule has 0 spiro atoms. The van der Waals surface area contributed by atoms with Gasteiger partial charge in [-0.15, -0.1) is 5.73 Å². The maximum absolute atomic E-state index is 13.6. The van der Waals surface area contributed by atoms with Crippen molar-refractivity contribution in [3.8, 4) is 0 Å². The van der Waals surface area contributed by atoms with E-state index in [9.17, 15) is 4.39 Å². The van der Waals surface area contributed by atoms with Gasteiger partial charge in [-0.25, -0.2) is 4.39 Å². The molecule has 2 nitrogen and oxygen atoms in total. The summed E-state index contributed by atoms with van der Waals surface area (Å²) in [6.45, 7) is 14.0. The Morgan fingerprint density at radius 2 is 1.75 bits per heavy atom. The molecule has 0 saturated heterocycles. The van der Waals surface area contributed by atoms with Gasteiger partial charge in [-0.3, -0.25) is 0 Å². The predicted octanol–water partition coefficient (Wildman–Crippen LogP) is 7.06. The fourth-order valence-electron chi connectivity index (χ4n) is 1.86. The second-order valence-corrected chi connectivity index (χ2v) is 4.61. The van der Waals surface area contributed by atoms with Crippen LogP contribution in [0.5, 0.6) is 0 Å². The number of aryl methyl sites for hydroxylation is 1. The smallest absolute Gasteiger partial charge is 0.125 e. The third kappa shape index (κ3) is 11.7. The summed E-state index contributed by atoms with van der Waals surface area (Å²) >= 11 is 0. The highest BCUT2D eigenvalue weighted by atomic mass is 19.1. The summed E-state index contributed by atoms with van der Waals surface area (Å²) in [5.41, 5.74) is 6.05. The van der Waals surface area contributed by atoms with Crippen LogP contribution in [0.1, 0.15) is 60.5 Å². The first kappa shape index (κ1) is 27.0. The van der Waals surface area contributed by atoms with E-state index in [4.69, 9.17) is 0 Å². The van der Waals surface area contributed by atoms with Crippen LogP contribution < -0.4 is 11.1 Å². The normalized spacial score (nSPS) is 8.71. The molecular formula is C21H37FN2. The second-order valence-electron chi connectivity index (χ2n) is 4.61. The highest BCUT2D eigenvalue weighted by molar-refractivity contribution is 5.51. The molecule has 0 aliphatic heterocycles. The zero-order valence-corrected chi connectivity index (χ0v) is 16.9. The largest absolute Gasteiger partial charge is 0.351 e. The third-order valence-electron chi connectivity index (χ3n) is 2.81. The lowest BCUT2D eigenvalue weighted by Gasteiger charge is -2.15. The van der Waals surface area contributed by atoms with Crippen LogP contribution in [-0.4, -0.2) is 7.05 Å². The lowest BCUT2D eigenvalue weighted by Crippen LogP contribution is -2.08. The molecule has 0 unspecified atom stereocenters. The Morgan fingerprint density at radius 3 is 2.25 bits per heavy atom. The minimum atomic E-state index is -0.179. The molecule has 1 aromatic rings. The summed E-state index contributed by atoms with van der Waals surface area (Å²) in [5.74, 6) is -0.179. The molecule has 0 radical (unpaired) electrons. The molecule has 0 heterocycles. The molecule has 0 fully saturated rings. The zero-order chi connectivity index (χ0) is 18.3. The number of allylic oxidation sites excluding steroid dienone is 2. The fourth-order valence-corrected chi connectivity index (χ4v) is 1.86. The van der Waals surface area contributed by atoms with E-state index in [-0.39, 0.29) is 12.0 Å². The van der Waals surface area contributed by atoms with E-state index in [2.05, 4.69) is 12.7 Å². The van der Waals surface area contributed by atoms with E-state index < -0.39 is 0 Å². The topological polar surface area (TPSA) is 38.2 Å². The van der Waals surface area contributed by atoms with Gasteiger partial charge in [0.15, 0.2) is 0 Å². The van der Waals surface area contributed by atoms with Gasteiger partial charge >= 0.3 is 0 Å². The molecule has 1 aromatic carbocycles. The van der Waals surface area contributed by atoms with E-state index in [1.165, 1.54) is 0 Å². The Labute approximate surface area is 149 Å². The van der Waals surface area contributed by atoms with E-state index in [0.29, 0.717) is 0 Å². The Bertz CT molecular complexity index is 513. The van der Waals surface area contributed by atoms with Crippen LogP contribution in [-0.2, 0) is 6.42 Å². The van der Waals surface area contributed by atoms with Gasteiger partial charge < -0.3 is 11.1 Å². The summed E-state index contributed by atoms with van der Waals surface area (Å²) < 4.78 is 13.6.